The molecule has 24 heavy (non-hydrogen) atoms. The topological polar surface area (TPSA) is 0 Å². The van der Waals surface area contributed by atoms with E-state index in [1.165, 1.54) is 16.7 Å². The van der Waals surface area contributed by atoms with Gasteiger partial charge in [-0.25, -0.2) is 0 Å². The lowest BCUT2D eigenvalue weighted by Gasteiger charge is -2.04. The standard InChI is InChI=1S/C14H12.C10H10/c1-2-12-8-6-7-11-14(12)13-9-4-3-5-10-13;1-3-9-7-5-6-8-10(9)4-2/h2-11H,1H2;3-8H,1-2H2. The first-order chi connectivity index (χ1) is 11.8. The zero-order chi connectivity index (χ0) is 17.2. The Balaban J connectivity index is 0.000000185. The molecule has 0 bridgehead atoms. The molecule has 0 atom stereocenters. The average molecular weight is 310 g/mol. The van der Waals surface area contributed by atoms with Gasteiger partial charge in [0, 0.05) is 0 Å². The van der Waals surface area contributed by atoms with Crippen LogP contribution in [-0.2, 0) is 0 Å². The van der Waals surface area contributed by atoms with Crippen LogP contribution < -0.4 is 0 Å². The molecule has 0 aromatic heterocycles. The highest BCUT2D eigenvalue weighted by Crippen LogP contribution is 2.23. The summed E-state index contributed by atoms with van der Waals surface area (Å²) in [6.45, 7) is 11.2. The van der Waals surface area contributed by atoms with E-state index in [0.29, 0.717) is 0 Å². The highest BCUT2D eigenvalue weighted by molar-refractivity contribution is 5.74. The molecule has 0 heterocycles. The van der Waals surface area contributed by atoms with Gasteiger partial charge in [-0.1, -0.05) is 117 Å². The van der Waals surface area contributed by atoms with Gasteiger partial charge in [0.25, 0.3) is 0 Å². The maximum atomic E-state index is 3.82. The van der Waals surface area contributed by atoms with Gasteiger partial charge in [-0.2, -0.15) is 0 Å². The Hall–Kier alpha value is -3.12. The van der Waals surface area contributed by atoms with Crippen molar-refractivity contribution in [2.45, 2.75) is 0 Å². The smallest absolute Gasteiger partial charge is 0.0112 e. The number of hydrogen-bond donors (Lipinski definition) is 0. The summed E-state index contributed by atoms with van der Waals surface area (Å²) in [7, 11) is 0. The number of hydrogen-bond acceptors (Lipinski definition) is 0. The van der Waals surface area contributed by atoms with Crippen molar-refractivity contribution < 1.29 is 0 Å². The largest absolute Gasteiger partial charge is 0.0984 e. The third kappa shape index (κ3) is 4.44. The molecule has 3 aromatic rings. The highest BCUT2D eigenvalue weighted by atomic mass is 14.0. The van der Waals surface area contributed by atoms with E-state index in [1.54, 1.807) is 0 Å². The fourth-order valence-corrected chi connectivity index (χ4v) is 2.44. The van der Waals surface area contributed by atoms with Gasteiger partial charge in [0.15, 0.2) is 0 Å². The quantitative estimate of drug-likeness (QED) is 0.488. The van der Waals surface area contributed by atoms with Gasteiger partial charge in [-0.3, -0.25) is 0 Å². The zero-order valence-corrected chi connectivity index (χ0v) is 13.9. The van der Waals surface area contributed by atoms with Crippen LogP contribution in [0.2, 0.25) is 0 Å². The Morgan fingerprint density at radius 1 is 0.458 bits per heavy atom. The minimum absolute atomic E-state index is 1.14. The fraction of sp³-hybridized carbons (Fsp3) is 0. The Kier molecular flexibility index (Phi) is 6.55. The minimum atomic E-state index is 1.14. The first kappa shape index (κ1) is 17.2. The van der Waals surface area contributed by atoms with E-state index in [-0.39, 0.29) is 0 Å². The van der Waals surface area contributed by atoms with Crippen molar-refractivity contribution >= 4 is 18.2 Å². The normalized spacial score (nSPS) is 9.33. The molecule has 0 unspecified atom stereocenters. The van der Waals surface area contributed by atoms with Crippen LogP contribution in [-0.4, -0.2) is 0 Å². The maximum absolute atomic E-state index is 3.82. The molecule has 0 heteroatoms. The second kappa shape index (κ2) is 9.12. The van der Waals surface area contributed by atoms with E-state index in [4.69, 9.17) is 0 Å². The first-order valence-corrected chi connectivity index (χ1v) is 7.91. The number of rotatable bonds is 4. The van der Waals surface area contributed by atoms with Crippen molar-refractivity contribution in [3.05, 3.63) is 115 Å². The molecule has 3 rings (SSSR count). The van der Waals surface area contributed by atoms with Crippen molar-refractivity contribution in [2.75, 3.05) is 0 Å². The molecule has 0 N–H and O–H groups in total. The summed E-state index contributed by atoms with van der Waals surface area (Å²) in [5, 5.41) is 0. The van der Waals surface area contributed by atoms with Gasteiger partial charge in [-0.15, -0.1) is 0 Å². The van der Waals surface area contributed by atoms with Crippen LogP contribution in [0.3, 0.4) is 0 Å². The Morgan fingerprint density at radius 3 is 1.38 bits per heavy atom. The summed E-state index contributed by atoms with van der Waals surface area (Å²) in [4.78, 5) is 0. The average Bonchev–Trinajstić information content (AvgIpc) is 2.69. The van der Waals surface area contributed by atoms with Crippen LogP contribution in [0, 0.1) is 0 Å². The predicted molar refractivity (Wildman–Crippen MR) is 109 cm³/mol. The molecule has 0 amide bonds. The van der Waals surface area contributed by atoms with Gasteiger partial charge >= 0.3 is 0 Å². The van der Waals surface area contributed by atoms with Crippen LogP contribution >= 0.6 is 0 Å². The fourth-order valence-electron chi connectivity index (χ4n) is 2.44. The van der Waals surface area contributed by atoms with E-state index in [1.807, 2.05) is 54.6 Å². The first-order valence-electron chi connectivity index (χ1n) is 7.91. The van der Waals surface area contributed by atoms with Gasteiger partial charge < -0.3 is 0 Å². The van der Waals surface area contributed by atoms with E-state index in [0.717, 1.165) is 11.1 Å². The second-order valence-corrected chi connectivity index (χ2v) is 5.19. The summed E-state index contributed by atoms with van der Waals surface area (Å²) < 4.78 is 0. The minimum Gasteiger partial charge on any atom is -0.0984 e. The van der Waals surface area contributed by atoms with Crippen molar-refractivity contribution in [3.8, 4) is 11.1 Å². The molecule has 0 saturated carbocycles. The Morgan fingerprint density at radius 2 is 0.875 bits per heavy atom. The summed E-state index contributed by atoms with van der Waals surface area (Å²) in [6.07, 6.45) is 5.55. The molecule has 0 saturated heterocycles. The molecule has 0 fully saturated rings. The molecular formula is C24H22. The van der Waals surface area contributed by atoms with Crippen molar-refractivity contribution in [1.29, 1.82) is 0 Å². The van der Waals surface area contributed by atoms with Gasteiger partial charge in [0.05, 0.1) is 0 Å². The van der Waals surface area contributed by atoms with Gasteiger partial charge in [-0.05, 0) is 27.8 Å². The lowest BCUT2D eigenvalue weighted by atomic mass is 10.00. The summed E-state index contributed by atoms with van der Waals surface area (Å²) in [5.41, 5.74) is 5.93. The van der Waals surface area contributed by atoms with Crippen LogP contribution in [0.15, 0.2) is 98.6 Å². The van der Waals surface area contributed by atoms with Gasteiger partial charge in [0.1, 0.15) is 0 Å². The molecule has 0 aliphatic rings. The van der Waals surface area contributed by atoms with E-state index < -0.39 is 0 Å². The van der Waals surface area contributed by atoms with Crippen LogP contribution in [0.5, 0.6) is 0 Å². The number of benzene rings is 3. The van der Waals surface area contributed by atoms with Gasteiger partial charge in [0.2, 0.25) is 0 Å². The van der Waals surface area contributed by atoms with E-state index >= 15 is 0 Å². The monoisotopic (exact) mass is 310 g/mol. The molecular weight excluding hydrogens is 288 g/mol. The molecule has 0 radical (unpaired) electrons. The SMILES string of the molecule is C=Cc1ccccc1-c1ccccc1.C=Cc1ccccc1C=C. The molecule has 0 aliphatic heterocycles. The maximum Gasteiger partial charge on any atom is -0.0112 e. The van der Waals surface area contributed by atoms with Crippen LogP contribution in [0.25, 0.3) is 29.4 Å². The van der Waals surface area contributed by atoms with E-state index in [2.05, 4.69) is 62.2 Å². The van der Waals surface area contributed by atoms with Crippen LogP contribution in [0.4, 0.5) is 0 Å². The lowest BCUT2D eigenvalue weighted by Crippen LogP contribution is -1.81. The van der Waals surface area contributed by atoms with E-state index in [9.17, 15) is 0 Å². The van der Waals surface area contributed by atoms with Crippen molar-refractivity contribution in [1.82, 2.24) is 0 Å². The second-order valence-electron chi connectivity index (χ2n) is 5.19. The van der Waals surface area contributed by atoms with Crippen molar-refractivity contribution in [3.63, 3.8) is 0 Å². The summed E-state index contributed by atoms with van der Waals surface area (Å²) in [5.74, 6) is 0. The summed E-state index contributed by atoms with van der Waals surface area (Å²) >= 11 is 0. The molecule has 0 aliphatic carbocycles. The third-order valence-electron chi connectivity index (χ3n) is 3.70. The Labute approximate surface area is 145 Å². The predicted octanol–water partition coefficient (Wildman–Crippen LogP) is 6.97. The molecule has 118 valence electrons. The third-order valence-corrected chi connectivity index (χ3v) is 3.70. The molecule has 0 spiro atoms. The Bertz CT molecular complexity index is 783. The highest BCUT2D eigenvalue weighted by Gasteiger charge is 1.99. The lowest BCUT2D eigenvalue weighted by molar-refractivity contribution is 1.59. The molecule has 3 aromatic carbocycles. The molecule has 0 nitrogen and oxygen atoms in total. The van der Waals surface area contributed by atoms with Crippen LogP contribution in [0.1, 0.15) is 16.7 Å². The summed E-state index contributed by atoms with van der Waals surface area (Å²) in [6, 6.07) is 26.7. The van der Waals surface area contributed by atoms with Crippen molar-refractivity contribution in [2.24, 2.45) is 0 Å². The zero-order valence-electron chi connectivity index (χ0n) is 13.9.